The second-order valence-corrected chi connectivity index (χ2v) is 5.40. The van der Waals surface area contributed by atoms with Crippen LogP contribution >= 0.6 is 0 Å². The normalized spacial score (nSPS) is 29.2. The lowest BCUT2D eigenvalue weighted by Gasteiger charge is -2.27. The molecule has 2 aliphatic rings. The number of nitrogens with one attached hydrogen (secondary N) is 1. The van der Waals surface area contributed by atoms with Crippen LogP contribution in [0.25, 0.3) is 0 Å². The van der Waals surface area contributed by atoms with Gasteiger partial charge in [0.25, 0.3) is 0 Å². The third-order valence-corrected chi connectivity index (χ3v) is 3.76. The fourth-order valence-corrected chi connectivity index (χ4v) is 2.46. The van der Waals surface area contributed by atoms with E-state index in [0.717, 1.165) is 51.4 Å². The maximum absolute atomic E-state index is 10.9. The zero-order valence-corrected chi connectivity index (χ0v) is 10.4. The zero-order valence-electron chi connectivity index (χ0n) is 10.4. The molecule has 2 rings (SSSR count). The fraction of sp³-hybridized carbons (Fsp3) is 0.923. The van der Waals surface area contributed by atoms with E-state index in [2.05, 4.69) is 5.32 Å². The first-order chi connectivity index (χ1) is 8.25. The molecule has 1 saturated carbocycles. The van der Waals surface area contributed by atoms with E-state index in [1.165, 1.54) is 12.8 Å². The van der Waals surface area contributed by atoms with Crippen molar-refractivity contribution in [2.45, 2.75) is 44.6 Å². The van der Waals surface area contributed by atoms with E-state index in [1.54, 1.807) is 0 Å². The number of aliphatic carboxylic acids is 1. The molecule has 0 aromatic heterocycles. The standard InChI is InChI=1S/C13H23NO3/c15-13(16)12-8-10(5-6-14-12)2-1-7-17-9-11-3-4-11/h10-12,14H,1-9H2,(H,15,16). The lowest BCUT2D eigenvalue weighted by Crippen LogP contribution is -2.43. The van der Waals surface area contributed by atoms with E-state index < -0.39 is 5.97 Å². The Labute approximate surface area is 103 Å². The topological polar surface area (TPSA) is 58.6 Å². The fourth-order valence-electron chi connectivity index (χ4n) is 2.46. The van der Waals surface area contributed by atoms with Gasteiger partial charge < -0.3 is 15.2 Å². The molecule has 98 valence electrons. The highest BCUT2D eigenvalue weighted by atomic mass is 16.5. The van der Waals surface area contributed by atoms with Gasteiger partial charge in [0.05, 0.1) is 0 Å². The van der Waals surface area contributed by atoms with Crippen LogP contribution in [0, 0.1) is 11.8 Å². The van der Waals surface area contributed by atoms with Crippen molar-refractivity contribution >= 4 is 5.97 Å². The minimum atomic E-state index is -0.709. The van der Waals surface area contributed by atoms with Gasteiger partial charge in [0.1, 0.15) is 6.04 Å². The summed E-state index contributed by atoms with van der Waals surface area (Å²) in [6, 6.07) is -0.332. The predicted molar refractivity (Wildman–Crippen MR) is 64.9 cm³/mol. The molecule has 0 bridgehead atoms. The van der Waals surface area contributed by atoms with E-state index in [0.29, 0.717) is 5.92 Å². The van der Waals surface area contributed by atoms with Gasteiger partial charge in [-0.25, -0.2) is 0 Å². The largest absolute Gasteiger partial charge is 0.480 e. The number of piperidine rings is 1. The van der Waals surface area contributed by atoms with Crippen molar-refractivity contribution in [3.05, 3.63) is 0 Å². The first kappa shape index (κ1) is 12.8. The van der Waals surface area contributed by atoms with Gasteiger partial charge in [-0.1, -0.05) is 0 Å². The summed E-state index contributed by atoms with van der Waals surface area (Å²) in [6.07, 6.45) is 6.74. The Morgan fingerprint density at radius 2 is 2.12 bits per heavy atom. The van der Waals surface area contributed by atoms with Crippen LogP contribution in [0.4, 0.5) is 0 Å². The summed E-state index contributed by atoms with van der Waals surface area (Å²) in [5.41, 5.74) is 0. The van der Waals surface area contributed by atoms with Crippen molar-refractivity contribution in [3.8, 4) is 0 Å². The quantitative estimate of drug-likeness (QED) is 0.665. The Bertz CT molecular complexity index is 253. The van der Waals surface area contributed by atoms with Crippen molar-refractivity contribution in [2.75, 3.05) is 19.8 Å². The van der Waals surface area contributed by atoms with Crippen molar-refractivity contribution in [2.24, 2.45) is 11.8 Å². The minimum absolute atomic E-state index is 0.332. The third kappa shape index (κ3) is 4.64. The van der Waals surface area contributed by atoms with Gasteiger partial charge in [-0.3, -0.25) is 4.79 Å². The Kier molecular flexibility index (Phi) is 4.80. The molecule has 2 unspecified atom stereocenters. The minimum Gasteiger partial charge on any atom is -0.480 e. The van der Waals surface area contributed by atoms with Gasteiger partial charge in [0, 0.05) is 13.2 Å². The highest BCUT2D eigenvalue weighted by molar-refractivity contribution is 5.73. The Balaban J connectivity index is 1.53. The van der Waals surface area contributed by atoms with E-state index in [1.807, 2.05) is 0 Å². The molecule has 0 aromatic rings. The molecule has 2 atom stereocenters. The summed E-state index contributed by atoms with van der Waals surface area (Å²) in [5.74, 6) is 0.687. The van der Waals surface area contributed by atoms with Crippen molar-refractivity contribution in [1.29, 1.82) is 0 Å². The molecule has 0 radical (unpaired) electrons. The van der Waals surface area contributed by atoms with Gasteiger partial charge in [-0.2, -0.15) is 0 Å². The summed E-state index contributed by atoms with van der Waals surface area (Å²) in [7, 11) is 0. The van der Waals surface area contributed by atoms with Gasteiger partial charge >= 0.3 is 5.97 Å². The van der Waals surface area contributed by atoms with E-state index in [4.69, 9.17) is 9.84 Å². The Morgan fingerprint density at radius 1 is 1.29 bits per heavy atom. The lowest BCUT2D eigenvalue weighted by atomic mass is 9.89. The molecule has 0 aromatic carbocycles. The number of ether oxygens (including phenoxy) is 1. The number of rotatable bonds is 7. The Hall–Kier alpha value is -0.610. The van der Waals surface area contributed by atoms with Crippen molar-refractivity contribution in [3.63, 3.8) is 0 Å². The van der Waals surface area contributed by atoms with Gasteiger partial charge in [0.2, 0.25) is 0 Å². The lowest BCUT2D eigenvalue weighted by molar-refractivity contribution is -0.140. The van der Waals surface area contributed by atoms with Crippen LogP contribution in [-0.4, -0.2) is 36.9 Å². The molecule has 17 heavy (non-hydrogen) atoms. The number of hydrogen-bond acceptors (Lipinski definition) is 3. The van der Waals surface area contributed by atoms with Crippen molar-refractivity contribution in [1.82, 2.24) is 5.32 Å². The average Bonchev–Trinajstić information content (AvgIpc) is 3.13. The zero-order chi connectivity index (χ0) is 12.1. The number of carboxylic acids is 1. The maximum Gasteiger partial charge on any atom is 0.320 e. The van der Waals surface area contributed by atoms with Crippen molar-refractivity contribution < 1.29 is 14.6 Å². The van der Waals surface area contributed by atoms with E-state index in [-0.39, 0.29) is 6.04 Å². The first-order valence-electron chi connectivity index (χ1n) is 6.79. The highest BCUT2D eigenvalue weighted by Gasteiger charge is 2.26. The third-order valence-electron chi connectivity index (χ3n) is 3.76. The molecular formula is C13H23NO3. The summed E-state index contributed by atoms with van der Waals surface area (Å²) in [6.45, 7) is 2.62. The van der Waals surface area contributed by atoms with Crippen LogP contribution in [0.2, 0.25) is 0 Å². The molecule has 0 spiro atoms. The molecule has 1 aliphatic carbocycles. The second-order valence-electron chi connectivity index (χ2n) is 5.40. The summed E-state index contributed by atoms with van der Waals surface area (Å²) >= 11 is 0. The molecule has 2 N–H and O–H groups in total. The van der Waals surface area contributed by atoms with Crippen LogP contribution < -0.4 is 5.32 Å². The molecule has 4 nitrogen and oxygen atoms in total. The SMILES string of the molecule is O=C(O)C1CC(CCCOCC2CC2)CCN1. The molecular weight excluding hydrogens is 218 g/mol. The van der Waals surface area contributed by atoms with Gasteiger partial charge in [0.15, 0.2) is 0 Å². The van der Waals surface area contributed by atoms with Crippen LogP contribution in [0.1, 0.15) is 38.5 Å². The van der Waals surface area contributed by atoms with E-state index >= 15 is 0 Å². The molecule has 2 fully saturated rings. The maximum atomic E-state index is 10.9. The van der Waals surface area contributed by atoms with Crippen LogP contribution in [-0.2, 0) is 9.53 Å². The molecule has 0 amide bonds. The molecule has 4 heteroatoms. The van der Waals surface area contributed by atoms with E-state index in [9.17, 15) is 4.79 Å². The van der Waals surface area contributed by atoms with Gasteiger partial charge in [-0.05, 0) is 56.9 Å². The number of carboxylic acid groups (broad SMARTS) is 1. The monoisotopic (exact) mass is 241 g/mol. The summed E-state index contributed by atoms with van der Waals surface area (Å²) < 4.78 is 5.59. The summed E-state index contributed by atoms with van der Waals surface area (Å²) in [5, 5.41) is 12.0. The molecule has 1 saturated heterocycles. The molecule has 1 heterocycles. The molecule has 1 aliphatic heterocycles. The highest BCUT2D eigenvalue weighted by Crippen LogP contribution is 2.29. The van der Waals surface area contributed by atoms with Crippen LogP contribution in [0.3, 0.4) is 0 Å². The number of carbonyl (C=O) groups is 1. The predicted octanol–water partition coefficient (Wildman–Crippen LogP) is 1.65. The second kappa shape index (κ2) is 6.36. The average molecular weight is 241 g/mol. The van der Waals surface area contributed by atoms with Crippen LogP contribution in [0.15, 0.2) is 0 Å². The van der Waals surface area contributed by atoms with Gasteiger partial charge in [-0.15, -0.1) is 0 Å². The van der Waals surface area contributed by atoms with Crippen LogP contribution in [0.5, 0.6) is 0 Å². The first-order valence-corrected chi connectivity index (χ1v) is 6.79. The Morgan fingerprint density at radius 3 is 2.82 bits per heavy atom. The summed E-state index contributed by atoms with van der Waals surface area (Å²) in [4.78, 5) is 10.9. The smallest absolute Gasteiger partial charge is 0.320 e. The number of hydrogen-bond donors (Lipinski definition) is 2.